The number of rotatable bonds is 8. The maximum absolute atomic E-state index is 12.8. The van der Waals surface area contributed by atoms with E-state index in [1.54, 1.807) is 24.3 Å². The topological polar surface area (TPSA) is 90.9 Å². The van der Waals surface area contributed by atoms with Gasteiger partial charge in [-0.1, -0.05) is 0 Å². The number of hydrogen-bond acceptors (Lipinski definition) is 7. The number of carbonyl (C=O) groups is 1. The molecule has 7 nitrogen and oxygen atoms in total. The second-order valence-corrected chi connectivity index (χ2v) is 7.20. The molecule has 0 aliphatic carbocycles. The lowest BCUT2D eigenvalue weighted by Gasteiger charge is -2.10. The maximum atomic E-state index is 12.8. The zero-order chi connectivity index (χ0) is 19.9. The highest BCUT2D eigenvalue weighted by Gasteiger charge is 2.28. The van der Waals surface area contributed by atoms with Crippen LogP contribution < -0.4 is 14.8 Å². The third kappa shape index (κ3) is 5.01. The molecular formula is C19H21NO6S. The molecule has 0 fully saturated rings. The fourth-order valence-electron chi connectivity index (χ4n) is 2.19. The quantitative estimate of drug-likeness (QED) is 0.546. The molecule has 0 spiro atoms. The molecule has 0 aliphatic heterocycles. The maximum Gasteiger partial charge on any atom is 0.351 e. The summed E-state index contributed by atoms with van der Waals surface area (Å²) in [7, 11) is -1.48. The predicted octanol–water partition coefficient (Wildman–Crippen LogP) is 2.99. The average Bonchev–Trinajstić information content (AvgIpc) is 2.69. The van der Waals surface area contributed by atoms with E-state index >= 15 is 0 Å². The second-order valence-electron chi connectivity index (χ2n) is 5.28. The van der Waals surface area contributed by atoms with Crippen LogP contribution in [0.1, 0.15) is 6.92 Å². The normalized spacial score (nSPS) is 11.6. The third-order valence-corrected chi connectivity index (χ3v) is 5.34. The summed E-state index contributed by atoms with van der Waals surface area (Å²) in [5.74, 6) is 0.223. The van der Waals surface area contributed by atoms with Crippen molar-refractivity contribution in [2.24, 2.45) is 0 Å². The summed E-state index contributed by atoms with van der Waals surface area (Å²) in [5, 5.41) is 2.81. The first-order valence-electron chi connectivity index (χ1n) is 8.09. The van der Waals surface area contributed by atoms with Crippen molar-refractivity contribution in [3.63, 3.8) is 0 Å². The lowest BCUT2D eigenvalue weighted by atomic mass is 10.3. The summed E-state index contributed by atoms with van der Waals surface area (Å²) in [6.07, 6.45) is 1.11. The Morgan fingerprint density at radius 3 is 2.11 bits per heavy atom. The first-order valence-corrected chi connectivity index (χ1v) is 9.57. The Hall–Kier alpha value is -3.00. The summed E-state index contributed by atoms with van der Waals surface area (Å²) in [4.78, 5) is 11.5. The molecule has 2 rings (SSSR count). The van der Waals surface area contributed by atoms with Gasteiger partial charge in [0.1, 0.15) is 11.5 Å². The van der Waals surface area contributed by atoms with Crippen LogP contribution in [0, 0.1) is 0 Å². The van der Waals surface area contributed by atoms with E-state index in [4.69, 9.17) is 9.47 Å². The predicted molar refractivity (Wildman–Crippen MR) is 102 cm³/mol. The van der Waals surface area contributed by atoms with E-state index in [0.717, 1.165) is 13.3 Å². The average molecular weight is 391 g/mol. The van der Waals surface area contributed by atoms with Gasteiger partial charge in [-0.05, 0) is 55.5 Å². The number of ether oxygens (including phenoxy) is 3. The molecule has 144 valence electrons. The largest absolute Gasteiger partial charge is 0.497 e. The lowest BCUT2D eigenvalue weighted by Crippen LogP contribution is -2.17. The highest BCUT2D eigenvalue weighted by atomic mass is 32.2. The minimum absolute atomic E-state index is 0.0477. The number of nitrogens with one attached hydrogen (secondary N) is 1. The van der Waals surface area contributed by atoms with Crippen molar-refractivity contribution in [1.82, 2.24) is 0 Å². The van der Waals surface area contributed by atoms with Crippen LogP contribution in [0.4, 0.5) is 5.69 Å². The van der Waals surface area contributed by atoms with Crippen molar-refractivity contribution in [3.8, 4) is 11.5 Å². The number of hydrogen-bond donors (Lipinski definition) is 1. The molecule has 2 aromatic rings. The van der Waals surface area contributed by atoms with Crippen LogP contribution in [-0.2, 0) is 19.4 Å². The van der Waals surface area contributed by atoms with Crippen LogP contribution in [-0.4, -0.2) is 35.2 Å². The standard InChI is InChI=1S/C19H21NO6S/c1-4-26-16-7-5-14(6-8-16)20-13-18(19(21)25-3)27(22,23)17-11-9-15(24-2)10-12-17/h5-13,20H,4H2,1-3H3/b18-13-. The van der Waals surface area contributed by atoms with Crippen LogP contribution in [0.3, 0.4) is 0 Å². The number of benzene rings is 2. The molecule has 8 heteroatoms. The Kier molecular flexibility index (Phi) is 6.84. The van der Waals surface area contributed by atoms with Crippen molar-refractivity contribution >= 4 is 21.5 Å². The lowest BCUT2D eigenvalue weighted by molar-refractivity contribution is -0.135. The Balaban J connectivity index is 2.32. The third-order valence-electron chi connectivity index (χ3n) is 3.58. The molecule has 0 bridgehead atoms. The summed E-state index contributed by atoms with van der Waals surface area (Å²) >= 11 is 0. The van der Waals surface area contributed by atoms with E-state index in [9.17, 15) is 13.2 Å². The van der Waals surface area contributed by atoms with Crippen molar-refractivity contribution in [3.05, 3.63) is 59.6 Å². The van der Waals surface area contributed by atoms with Crippen molar-refractivity contribution in [1.29, 1.82) is 0 Å². The van der Waals surface area contributed by atoms with Gasteiger partial charge in [0.2, 0.25) is 9.84 Å². The summed E-state index contributed by atoms with van der Waals surface area (Å²) < 4.78 is 40.6. The zero-order valence-corrected chi connectivity index (χ0v) is 16.1. The van der Waals surface area contributed by atoms with Gasteiger partial charge in [0.15, 0.2) is 4.91 Å². The molecule has 0 radical (unpaired) electrons. The van der Waals surface area contributed by atoms with E-state index in [1.807, 2.05) is 6.92 Å². The Morgan fingerprint density at radius 1 is 1.00 bits per heavy atom. The highest BCUT2D eigenvalue weighted by molar-refractivity contribution is 7.96. The number of methoxy groups -OCH3 is 2. The molecule has 0 unspecified atom stereocenters. The molecule has 0 heterocycles. The number of esters is 1. The molecule has 0 aliphatic rings. The van der Waals surface area contributed by atoms with Crippen molar-refractivity contribution in [2.45, 2.75) is 11.8 Å². The first kappa shape index (κ1) is 20.3. The Labute approximate surface area is 158 Å². The van der Waals surface area contributed by atoms with Gasteiger partial charge in [-0.25, -0.2) is 13.2 Å². The van der Waals surface area contributed by atoms with Gasteiger partial charge in [-0.3, -0.25) is 0 Å². The van der Waals surface area contributed by atoms with E-state index < -0.39 is 20.7 Å². The van der Waals surface area contributed by atoms with Gasteiger partial charge in [-0.15, -0.1) is 0 Å². The van der Waals surface area contributed by atoms with Crippen LogP contribution in [0.25, 0.3) is 0 Å². The zero-order valence-electron chi connectivity index (χ0n) is 15.3. The Morgan fingerprint density at radius 2 is 1.59 bits per heavy atom. The van der Waals surface area contributed by atoms with Gasteiger partial charge < -0.3 is 19.5 Å². The van der Waals surface area contributed by atoms with Crippen LogP contribution >= 0.6 is 0 Å². The summed E-state index contributed by atoms with van der Waals surface area (Å²) in [6, 6.07) is 12.6. The number of carbonyl (C=O) groups excluding carboxylic acids is 1. The molecule has 0 atom stereocenters. The van der Waals surface area contributed by atoms with Gasteiger partial charge in [-0.2, -0.15) is 0 Å². The number of sulfone groups is 1. The van der Waals surface area contributed by atoms with E-state index in [2.05, 4.69) is 10.1 Å². The molecule has 0 saturated carbocycles. The van der Waals surface area contributed by atoms with Gasteiger partial charge >= 0.3 is 5.97 Å². The van der Waals surface area contributed by atoms with Crippen LogP contribution in [0.15, 0.2) is 64.5 Å². The van der Waals surface area contributed by atoms with Gasteiger partial charge in [0.05, 0.1) is 25.7 Å². The van der Waals surface area contributed by atoms with E-state index in [0.29, 0.717) is 23.8 Å². The minimum atomic E-state index is -4.08. The fourth-order valence-corrected chi connectivity index (χ4v) is 3.46. The van der Waals surface area contributed by atoms with Crippen molar-refractivity contribution < 1.29 is 27.4 Å². The molecule has 1 N–H and O–H groups in total. The smallest absolute Gasteiger partial charge is 0.351 e. The highest BCUT2D eigenvalue weighted by Crippen LogP contribution is 2.23. The molecule has 27 heavy (non-hydrogen) atoms. The van der Waals surface area contributed by atoms with Gasteiger partial charge in [0.25, 0.3) is 0 Å². The number of anilines is 1. The SMILES string of the molecule is CCOc1ccc(N/C=C(/C(=O)OC)S(=O)(=O)c2ccc(OC)cc2)cc1. The molecule has 0 aromatic heterocycles. The van der Waals surface area contributed by atoms with Crippen molar-refractivity contribution in [2.75, 3.05) is 26.1 Å². The second kappa shape index (κ2) is 9.09. The molecule has 0 saturated heterocycles. The molecule has 0 amide bonds. The fraction of sp³-hybridized carbons (Fsp3) is 0.211. The minimum Gasteiger partial charge on any atom is -0.497 e. The summed E-state index contributed by atoms with van der Waals surface area (Å²) in [5.41, 5.74) is 0.588. The van der Waals surface area contributed by atoms with Crippen LogP contribution in [0.2, 0.25) is 0 Å². The summed E-state index contributed by atoms with van der Waals surface area (Å²) in [6.45, 7) is 2.42. The monoisotopic (exact) mass is 391 g/mol. The molecular weight excluding hydrogens is 370 g/mol. The van der Waals surface area contributed by atoms with E-state index in [-0.39, 0.29) is 4.90 Å². The first-order chi connectivity index (χ1) is 12.9. The van der Waals surface area contributed by atoms with Crippen LogP contribution in [0.5, 0.6) is 11.5 Å². The van der Waals surface area contributed by atoms with E-state index in [1.165, 1.54) is 31.4 Å². The Bertz CT molecular complexity index is 902. The molecule has 2 aromatic carbocycles. The van der Waals surface area contributed by atoms with Gasteiger partial charge in [0, 0.05) is 11.9 Å².